The molecule has 5 nitrogen and oxygen atoms in total. The zero-order valence-corrected chi connectivity index (χ0v) is 16.3. The number of carbonyl (C=O) groups is 2. The lowest BCUT2D eigenvalue weighted by Crippen LogP contribution is -2.43. The number of alkyl halides is 6. The molecule has 0 radical (unpaired) electrons. The van der Waals surface area contributed by atoms with E-state index in [1.54, 1.807) is 12.1 Å². The number of anilines is 1. The van der Waals surface area contributed by atoms with E-state index in [1.165, 1.54) is 31.1 Å². The first kappa shape index (κ1) is 22.6. The van der Waals surface area contributed by atoms with E-state index in [0.717, 1.165) is 17.0 Å². The maximum Gasteiger partial charge on any atom is 0.404 e. The van der Waals surface area contributed by atoms with Crippen molar-refractivity contribution in [3.63, 3.8) is 0 Å². The minimum absolute atomic E-state index is 0.0684. The average Bonchev–Trinajstić information content (AvgIpc) is 2.81. The lowest BCUT2D eigenvalue weighted by Gasteiger charge is -2.27. The van der Waals surface area contributed by atoms with Gasteiger partial charge in [0.1, 0.15) is 5.54 Å². The Labute approximate surface area is 173 Å². The Bertz CT molecular complexity index is 957. The molecule has 3 amide bonds. The molecular weight excluding hydrogens is 428 g/mol. The molecule has 1 aromatic heterocycles. The smallest absolute Gasteiger partial charge is 0.305 e. The van der Waals surface area contributed by atoms with Crippen molar-refractivity contribution >= 4 is 17.6 Å². The number of halogens is 6. The van der Waals surface area contributed by atoms with Crippen LogP contribution in [0, 0.1) is 0 Å². The number of hydrogen-bond donors (Lipinski definition) is 0. The van der Waals surface area contributed by atoms with E-state index in [2.05, 4.69) is 4.98 Å². The topological polar surface area (TPSA) is 53.5 Å². The van der Waals surface area contributed by atoms with Gasteiger partial charge in [0.15, 0.2) is 5.92 Å². The van der Waals surface area contributed by atoms with Crippen LogP contribution < -0.4 is 4.90 Å². The monoisotopic (exact) mass is 445 g/mol. The number of amides is 3. The molecule has 1 saturated heterocycles. The van der Waals surface area contributed by atoms with Crippen LogP contribution in [0.4, 0.5) is 36.8 Å². The largest absolute Gasteiger partial charge is 0.404 e. The van der Waals surface area contributed by atoms with Gasteiger partial charge in [-0.15, -0.1) is 0 Å². The highest BCUT2D eigenvalue weighted by atomic mass is 19.4. The quantitative estimate of drug-likeness (QED) is 0.490. The zero-order valence-electron chi connectivity index (χ0n) is 16.3. The number of imide groups is 1. The van der Waals surface area contributed by atoms with E-state index in [1.807, 2.05) is 0 Å². The van der Waals surface area contributed by atoms with Gasteiger partial charge in [-0.1, -0.05) is 12.1 Å². The molecular formula is C20H17F6N3O2. The third-order valence-corrected chi connectivity index (χ3v) is 5.05. The molecule has 2 heterocycles. The Morgan fingerprint density at radius 3 is 1.90 bits per heavy atom. The average molecular weight is 445 g/mol. The fourth-order valence-corrected chi connectivity index (χ4v) is 3.38. The summed E-state index contributed by atoms with van der Waals surface area (Å²) in [5.41, 5.74) is -1.73. The van der Waals surface area contributed by atoms with Gasteiger partial charge in [-0.25, -0.2) is 9.69 Å². The number of aromatic nitrogens is 1. The molecule has 0 atom stereocenters. The molecule has 31 heavy (non-hydrogen) atoms. The standard InChI is InChI=1S/C20H17F6N3O2/c1-18(2)16(30)29(17(31)28(18)11-12-7-9-27-10-8-12)14-5-3-13(4-6-14)15(19(21,22)23)20(24,25)26/h3-10,15H,11H2,1-2H3. The maximum atomic E-state index is 12.9. The minimum Gasteiger partial charge on any atom is -0.305 e. The number of urea groups is 1. The minimum atomic E-state index is -5.54. The molecule has 1 aliphatic rings. The molecule has 166 valence electrons. The summed E-state index contributed by atoms with van der Waals surface area (Å²) in [6, 6.07) is 5.63. The van der Waals surface area contributed by atoms with E-state index in [4.69, 9.17) is 0 Å². The second-order valence-electron chi connectivity index (χ2n) is 7.53. The van der Waals surface area contributed by atoms with Crippen LogP contribution in [0.5, 0.6) is 0 Å². The molecule has 1 aliphatic heterocycles. The van der Waals surface area contributed by atoms with Gasteiger partial charge in [0.05, 0.1) is 5.69 Å². The molecule has 1 aromatic carbocycles. The first-order chi connectivity index (χ1) is 14.2. The van der Waals surface area contributed by atoms with E-state index in [9.17, 15) is 35.9 Å². The highest BCUT2D eigenvalue weighted by molar-refractivity contribution is 6.22. The molecule has 0 aliphatic carbocycles. The van der Waals surface area contributed by atoms with Gasteiger partial charge in [0, 0.05) is 18.9 Å². The van der Waals surface area contributed by atoms with E-state index in [-0.39, 0.29) is 12.2 Å². The van der Waals surface area contributed by atoms with Gasteiger partial charge in [0.25, 0.3) is 5.91 Å². The van der Waals surface area contributed by atoms with Crippen LogP contribution in [0.15, 0.2) is 48.8 Å². The summed E-state index contributed by atoms with van der Waals surface area (Å²) in [5, 5.41) is 0. The Hall–Kier alpha value is -3.11. The van der Waals surface area contributed by atoms with Crippen LogP contribution in [0.1, 0.15) is 30.9 Å². The van der Waals surface area contributed by atoms with Gasteiger partial charge in [-0.2, -0.15) is 26.3 Å². The van der Waals surface area contributed by atoms with Crippen LogP contribution in [-0.4, -0.2) is 39.7 Å². The molecule has 0 saturated carbocycles. The van der Waals surface area contributed by atoms with Crippen LogP contribution in [0.2, 0.25) is 0 Å². The molecule has 0 unspecified atom stereocenters. The Morgan fingerprint density at radius 2 is 1.42 bits per heavy atom. The molecule has 0 N–H and O–H groups in total. The summed E-state index contributed by atoms with van der Waals surface area (Å²) in [4.78, 5) is 31.7. The zero-order chi connectivity index (χ0) is 23.2. The van der Waals surface area contributed by atoms with Crippen molar-refractivity contribution in [1.82, 2.24) is 9.88 Å². The van der Waals surface area contributed by atoms with Gasteiger partial charge >= 0.3 is 18.4 Å². The Balaban J connectivity index is 1.92. The van der Waals surface area contributed by atoms with Crippen LogP contribution >= 0.6 is 0 Å². The lowest BCUT2D eigenvalue weighted by atomic mass is 9.97. The lowest BCUT2D eigenvalue weighted by molar-refractivity contribution is -0.253. The van der Waals surface area contributed by atoms with Crippen molar-refractivity contribution in [2.45, 2.75) is 44.2 Å². The second-order valence-corrected chi connectivity index (χ2v) is 7.53. The van der Waals surface area contributed by atoms with Crippen molar-refractivity contribution < 1.29 is 35.9 Å². The van der Waals surface area contributed by atoms with Gasteiger partial charge in [-0.05, 0) is 49.2 Å². The van der Waals surface area contributed by atoms with Crippen molar-refractivity contribution in [3.05, 3.63) is 59.9 Å². The maximum absolute atomic E-state index is 12.9. The fraction of sp³-hybridized carbons (Fsp3) is 0.350. The van der Waals surface area contributed by atoms with E-state index >= 15 is 0 Å². The molecule has 11 heteroatoms. The fourth-order valence-electron chi connectivity index (χ4n) is 3.38. The van der Waals surface area contributed by atoms with Crippen molar-refractivity contribution in [1.29, 1.82) is 0 Å². The summed E-state index contributed by atoms with van der Waals surface area (Å²) >= 11 is 0. The molecule has 0 bridgehead atoms. The highest BCUT2D eigenvalue weighted by Gasteiger charge is 2.57. The first-order valence-electron chi connectivity index (χ1n) is 9.03. The van der Waals surface area contributed by atoms with Gasteiger partial charge in [0.2, 0.25) is 0 Å². The van der Waals surface area contributed by atoms with E-state index in [0.29, 0.717) is 17.7 Å². The number of carbonyl (C=O) groups excluding carboxylic acids is 2. The van der Waals surface area contributed by atoms with Gasteiger partial charge in [-0.3, -0.25) is 9.78 Å². The summed E-state index contributed by atoms with van der Waals surface area (Å²) in [5.74, 6) is -4.32. The van der Waals surface area contributed by atoms with Crippen LogP contribution in [0.3, 0.4) is 0 Å². The third kappa shape index (κ3) is 4.21. The summed E-state index contributed by atoms with van der Waals surface area (Å²) in [6.45, 7) is 3.08. The van der Waals surface area contributed by atoms with Crippen molar-refractivity contribution in [2.24, 2.45) is 0 Å². The molecule has 3 rings (SSSR count). The second kappa shape index (κ2) is 7.54. The third-order valence-electron chi connectivity index (χ3n) is 5.05. The number of hydrogen-bond acceptors (Lipinski definition) is 3. The van der Waals surface area contributed by atoms with E-state index < -0.39 is 41.3 Å². The molecule has 1 fully saturated rings. The first-order valence-corrected chi connectivity index (χ1v) is 9.03. The normalized spacial score (nSPS) is 17.1. The van der Waals surface area contributed by atoms with Crippen molar-refractivity contribution in [2.75, 3.05) is 4.90 Å². The molecule has 0 spiro atoms. The van der Waals surface area contributed by atoms with Crippen LogP contribution in [0.25, 0.3) is 0 Å². The number of rotatable bonds is 4. The summed E-state index contributed by atoms with van der Waals surface area (Å²) in [6.07, 6.45) is -8.05. The number of benzene rings is 1. The molecule has 2 aromatic rings. The predicted octanol–water partition coefficient (Wildman–Crippen LogP) is 5.04. The number of nitrogens with zero attached hydrogens (tertiary/aromatic N) is 3. The summed E-state index contributed by atoms with van der Waals surface area (Å²) < 4.78 is 77.6. The highest BCUT2D eigenvalue weighted by Crippen LogP contribution is 2.46. The number of pyridine rings is 1. The Morgan fingerprint density at radius 1 is 0.903 bits per heavy atom. The van der Waals surface area contributed by atoms with Gasteiger partial charge < -0.3 is 4.90 Å². The SMILES string of the molecule is CC1(C)C(=O)N(c2ccc(C(C(F)(F)F)C(F)(F)F)cc2)C(=O)N1Cc1ccncc1. The summed E-state index contributed by atoms with van der Waals surface area (Å²) in [7, 11) is 0. The predicted molar refractivity (Wildman–Crippen MR) is 98.0 cm³/mol. The van der Waals surface area contributed by atoms with Crippen LogP contribution in [-0.2, 0) is 11.3 Å². The Kier molecular flexibility index (Phi) is 5.49. The van der Waals surface area contributed by atoms with Crippen molar-refractivity contribution in [3.8, 4) is 0 Å².